The summed E-state index contributed by atoms with van der Waals surface area (Å²) in [5.41, 5.74) is 2.11. The molecule has 122 valence electrons. The van der Waals surface area contributed by atoms with Crippen molar-refractivity contribution in [1.82, 2.24) is 4.98 Å². The number of ether oxygens (including phenoxy) is 2. The summed E-state index contributed by atoms with van der Waals surface area (Å²) in [7, 11) is 0. The standard InChI is InChI=1S/C17H19BrN2O3/c1-2-23-17(21)14-10-19-15-4-3-11(18)9-13(15)16(14)20-12-5-7-22-8-6-12/h3-4,9-10,12H,2,5-8H2,1H3,(H,19,20). The van der Waals surface area contributed by atoms with E-state index in [1.165, 1.54) is 0 Å². The first-order chi connectivity index (χ1) is 11.2. The number of esters is 1. The first-order valence-corrected chi connectivity index (χ1v) is 8.58. The van der Waals surface area contributed by atoms with Crippen molar-refractivity contribution in [3.63, 3.8) is 0 Å². The summed E-state index contributed by atoms with van der Waals surface area (Å²) >= 11 is 3.49. The van der Waals surface area contributed by atoms with E-state index in [4.69, 9.17) is 9.47 Å². The summed E-state index contributed by atoms with van der Waals surface area (Å²) in [5, 5.41) is 4.43. The topological polar surface area (TPSA) is 60.5 Å². The Morgan fingerprint density at radius 3 is 2.96 bits per heavy atom. The van der Waals surface area contributed by atoms with Gasteiger partial charge in [-0.25, -0.2) is 4.79 Å². The van der Waals surface area contributed by atoms with Crippen LogP contribution in [0.2, 0.25) is 0 Å². The highest BCUT2D eigenvalue weighted by molar-refractivity contribution is 9.10. The fourth-order valence-electron chi connectivity index (χ4n) is 2.73. The normalized spacial score (nSPS) is 15.6. The average molecular weight is 379 g/mol. The number of hydrogen-bond acceptors (Lipinski definition) is 5. The van der Waals surface area contributed by atoms with Crippen LogP contribution in [-0.4, -0.2) is 36.8 Å². The van der Waals surface area contributed by atoms with Gasteiger partial charge in [-0.3, -0.25) is 4.98 Å². The maximum Gasteiger partial charge on any atom is 0.341 e. The monoisotopic (exact) mass is 378 g/mol. The van der Waals surface area contributed by atoms with E-state index >= 15 is 0 Å². The molecule has 0 saturated carbocycles. The molecular weight excluding hydrogens is 360 g/mol. The van der Waals surface area contributed by atoms with Gasteiger partial charge in [0.05, 0.1) is 17.8 Å². The van der Waals surface area contributed by atoms with Crippen LogP contribution in [0.5, 0.6) is 0 Å². The lowest BCUT2D eigenvalue weighted by Crippen LogP contribution is -2.29. The van der Waals surface area contributed by atoms with Gasteiger partial charge in [-0.15, -0.1) is 0 Å². The van der Waals surface area contributed by atoms with Crippen LogP contribution in [0.15, 0.2) is 28.9 Å². The number of carbonyl (C=O) groups excluding carboxylic acids is 1. The predicted octanol–water partition coefficient (Wildman–Crippen LogP) is 3.76. The minimum atomic E-state index is -0.351. The minimum Gasteiger partial charge on any atom is -0.462 e. The third-order valence-corrected chi connectivity index (χ3v) is 4.39. The van der Waals surface area contributed by atoms with Gasteiger partial charge in [0.2, 0.25) is 0 Å². The molecule has 0 radical (unpaired) electrons. The van der Waals surface area contributed by atoms with E-state index in [1.54, 1.807) is 13.1 Å². The number of carbonyl (C=O) groups is 1. The van der Waals surface area contributed by atoms with Gasteiger partial charge in [0.15, 0.2) is 0 Å². The minimum absolute atomic E-state index is 0.279. The Kier molecular flexibility index (Phi) is 5.13. The Morgan fingerprint density at radius 1 is 1.43 bits per heavy atom. The molecule has 1 aromatic carbocycles. The van der Waals surface area contributed by atoms with E-state index in [-0.39, 0.29) is 12.0 Å². The van der Waals surface area contributed by atoms with E-state index in [0.717, 1.165) is 47.1 Å². The van der Waals surface area contributed by atoms with Crippen molar-refractivity contribution in [2.24, 2.45) is 0 Å². The molecule has 6 heteroatoms. The van der Waals surface area contributed by atoms with Gasteiger partial charge in [0.25, 0.3) is 0 Å². The summed E-state index contributed by atoms with van der Waals surface area (Å²) in [6.07, 6.45) is 3.43. The number of pyridine rings is 1. The molecule has 0 aliphatic carbocycles. The van der Waals surface area contributed by atoms with Crippen molar-refractivity contribution in [3.05, 3.63) is 34.4 Å². The Morgan fingerprint density at radius 2 is 2.22 bits per heavy atom. The van der Waals surface area contributed by atoms with Gasteiger partial charge < -0.3 is 14.8 Å². The Balaban J connectivity index is 2.06. The molecule has 0 spiro atoms. The number of hydrogen-bond donors (Lipinski definition) is 1. The molecule has 1 aliphatic heterocycles. The molecule has 0 bridgehead atoms. The van der Waals surface area contributed by atoms with Crippen LogP contribution in [0, 0.1) is 0 Å². The zero-order valence-electron chi connectivity index (χ0n) is 13.0. The second-order valence-corrected chi connectivity index (χ2v) is 6.38. The summed E-state index contributed by atoms with van der Waals surface area (Å²) in [4.78, 5) is 16.7. The molecule has 1 fully saturated rings. The largest absolute Gasteiger partial charge is 0.462 e. The van der Waals surface area contributed by atoms with Crippen molar-refractivity contribution >= 4 is 38.5 Å². The number of nitrogens with zero attached hydrogens (tertiary/aromatic N) is 1. The van der Waals surface area contributed by atoms with E-state index in [2.05, 4.69) is 26.2 Å². The SMILES string of the molecule is CCOC(=O)c1cnc2ccc(Br)cc2c1NC1CCOCC1. The number of halogens is 1. The van der Waals surface area contributed by atoms with Gasteiger partial charge in [0, 0.05) is 35.3 Å². The fraction of sp³-hybridized carbons (Fsp3) is 0.412. The second kappa shape index (κ2) is 7.27. The van der Waals surface area contributed by atoms with Crippen molar-refractivity contribution in [2.75, 3.05) is 25.1 Å². The van der Waals surface area contributed by atoms with Crippen LogP contribution in [-0.2, 0) is 9.47 Å². The molecule has 23 heavy (non-hydrogen) atoms. The van der Waals surface area contributed by atoms with E-state index in [1.807, 2.05) is 18.2 Å². The molecule has 0 atom stereocenters. The van der Waals surface area contributed by atoms with Crippen molar-refractivity contribution < 1.29 is 14.3 Å². The van der Waals surface area contributed by atoms with Crippen molar-refractivity contribution in [3.8, 4) is 0 Å². The molecule has 1 aliphatic rings. The van der Waals surface area contributed by atoms with E-state index < -0.39 is 0 Å². The average Bonchev–Trinajstić information content (AvgIpc) is 2.56. The van der Waals surface area contributed by atoms with E-state index in [0.29, 0.717) is 12.2 Å². The first-order valence-electron chi connectivity index (χ1n) is 7.78. The van der Waals surface area contributed by atoms with Crippen molar-refractivity contribution in [1.29, 1.82) is 0 Å². The number of nitrogens with one attached hydrogen (secondary N) is 1. The maximum atomic E-state index is 12.3. The van der Waals surface area contributed by atoms with Crippen LogP contribution < -0.4 is 5.32 Å². The zero-order chi connectivity index (χ0) is 16.2. The maximum absolute atomic E-state index is 12.3. The highest BCUT2D eigenvalue weighted by Crippen LogP contribution is 2.30. The van der Waals surface area contributed by atoms with Crippen LogP contribution in [0.3, 0.4) is 0 Å². The second-order valence-electron chi connectivity index (χ2n) is 5.46. The third-order valence-electron chi connectivity index (χ3n) is 3.90. The fourth-order valence-corrected chi connectivity index (χ4v) is 3.09. The molecule has 1 saturated heterocycles. The highest BCUT2D eigenvalue weighted by atomic mass is 79.9. The lowest BCUT2D eigenvalue weighted by Gasteiger charge is -2.25. The Hall–Kier alpha value is -1.66. The summed E-state index contributed by atoms with van der Waals surface area (Å²) < 4.78 is 11.5. The Labute approximate surface area is 143 Å². The van der Waals surface area contributed by atoms with Gasteiger partial charge in [-0.1, -0.05) is 15.9 Å². The first kappa shape index (κ1) is 16.2. The van der Waals surface area contributed by atoms with Crippen LogP contribution >= 0.6 is 15.9 Å². The smallest absolute Gasteiger partial charge is 0.341 e. The zero-order valence-corrected chi connectivity index (χ0v) is 14.6. The summed E-state index contributed by atoms with van der Waals surface area (Å²) in [5.74, 6) is -0.351. The molecule has 0 unspecified atom stereocenters. The van der Waals surface area contributed by atoms with Crippen LogP contribution in [0.1, 0.15) is 30.1 Å². The van der Waals surface area contributed by atoms with Crippen LogP contribution in [0.4, 0.5) is 5.69 Å². The van der Waals surface area contributed by atoms with Gasteiger partial charge in [0.1, 0.15) is 5.56 Å². The van der Waals surface area contributed by atoms with Gasteiger partial charge >= 0.3 is 5.97 Å². The number of rotatable bonds is 4. The number of fused-ring (bicyclic) bond motifs is 1. The highest BCUT2D eigenvalue weighted by Gasteiger charge is 2.21. The molecule has 0 amide bonds. The van der Waals surface area contributed by atoms with Gasteiger partial charge in [-0.05, 0) is 38.0 Å². The number of anilines is 1. The number of aromatic nitrogens is 1. The van der Waals surface area contributed by atoms with Crippen LogP contribution in [0.25, 0.3) is 10.9 Å². The molecule has 3 rings (SSSR count). The Bertz CT molecular complexity index is 714. The molecule has 1 N–H and O–H groups in total. The number of benzene rings is 1. The lowest BCUT2D eigenvalue weighted by molar-refractivity contribution is 0.0527. The quantitative estimate of drug-likeness (QED) is 0.820. The molecule has 1 aromatic heterocycles. The van der Waals surface area contributed by atoms with Gasteiger partial charge in [-0.2, -0.15) is 0 Å². The van der Waals surface area contributed by atoms with Crippen molar-refractivity contribution in [2.45, 2.75) is 25.8 Å². The lowest BCUT2D eigenvalue weighted by atomic mass is 10.0. The van der Waals surface area contributed by atoms with E-state index in [9.17, 15) is 4.79 Å². The summed E-state index contributed by atoms with van der Waals surface area (Å²) in [6.45, 7) is 3.61. The molecule has 2 aromatic rings. The summed E-state index contributed by atoms with van der Waals surface area (Å²) in [6, 6.07) is 6.13. The third kappa shape index (κ3) is 3.64. The molecule has 2 heterocycles. The molecular formula is C17H19BrN2O3. The molecule has 5 nitrogen and oxygen atoms in total. The predicted molar refractivity (Wildman–Crippen MR) is 92.9 cm³/mol.